The van der Waals surface area contributed by atoms with Crippen LogP contribution in [0.1, 0.15) is 30.6 Å². The zero-order valence-corrected chi connectivity index (χ0v) is 16.1. The maximum Gasteiger partial charge on any atom is 0.263 e. The Hall–Kier alpha value is -3.02. The third-order valence-corrected chi connectivity index (χ3v) is 4.21. The maximum atomic E-state index is 12.4. The zero-order chi connectivity index (χ0) is 19.9. The van der Waals surface area contributed by atoms with E-state index in [4.69, 9.17) is 10.5 Å². The molecule has 0 aromatic heterocycles. The number of rotatable bonds is 9. The number of nitrogens with zero attached hydrogens (tertiary/aromatic N) is 1. The average molecular weight is 369 g/mol. The molecule has 0 bridgehead atoms. The molecule has 0 aliphatic carbocycles. The minimum Gasteiger partial charge on any atom is -0.478 e. The second-order valence-corrected chi connectivity index (χ2v) is 6.87. The number of anilines is 1. The van der Waals surface area contributed by atoms with Crippen LogP contribution in [0.2, 0.25) is 0 Å². The lowest BCUT2D eigenvalue weighted by Gasteiger charge is -2.26. The Labute approximate surface area is 160 Å². The number of carbonyl (C=O) groups excluding carboxylic acids is 2. The van der Waals surface area contributed by atoms with Gasteiger partial charge in [0.25, 0.3) is 5.91 Å². The van der Waals surface area contributed by atoms with Gasteiger partial charge in [-0.25, -0.2) is 0 Å². The van der Waals surface area contributed by atoms with Crippen molar-refractivity contribution in [3.8, 4) is 5.75 Å². The Morgan fingerprint density at radius 2 is 1.70 bits per heavy atom. The first-order valence-corrected chi connectivity index (χ1v) is 8.93. The van der Waals surface area contributed by atoms with Crippen LogP contribution >= 0.6 is 0 Å². The lowest BCUT2D eigenvalue weighted by atomic mass is 10.1. The van der Waals surface area contributed by atoms with Gasteiger partial charge >= 0.3 is 0 Å². The number of hydrogen-bond acceptors (Lipinski definition) is 4. The number of nitrogens with one attached hydrogen (secondary N) is 1. The lowest BCUT2D eigenvalue weighted by Crippen LogP contribution is -2.47. The summed E-state index contributed by atoms with van der Waals surface area (Å²) in [5.74, 6) is -0.188. The number of hydrogen-bond donors (Lipinski definition) is 2. The van der Waals surface area contributed by atoms with Crippen LogP contribution in [0, 0.1) is 0 Å². The van der Waals surface area contributed by atoms with Crippen LogP contribution in [0.5, 0.6) is 5.75 Å². The van der Waals surface area contributed by atoms with Crippen LogP contribution in [0.3, 0.4) is 0 Å². The molecule has 6 heteroatoms. The molecular formula is C21H27N3O3. The number of para-hydroxylation sites is 1. The normalized spacial score (nSPS) is 10.9. The first kappa shape index (κ1) is 20.3. The van der Waals surface area contributed by atoms with E-state index in [1.165, 1.54) is 0 Å². The fraction of sp³-hybridized carbons (Fsp3) is 0.333. The van der Waals surface area contributed by atoms with E-state index < -0.39 is 11.5 Å². The fourth-order valence-electron chi connectivity index (χ4n) is 2.57. The highest BCUT2D eigenvalue weighted by Crippen LogP contribution is 2.19. The molecule has 0 unspecified atom stereocenters. The van der Waals surface area contributed by atoms with Gasteiger partial charge < -0.3 is 20.7 Å². The molecule has 27 heavy (non-hydrogen) atoms. The smallest absolute Gasteiger partial charge is 0.263 e. The lowest BCUT2D eigenvalue weighted by molar-refractivity contribution is -0.134. The van der Waals surface area contributed by atoms with E-state index >= 15 is 0 Å². The third kappa shape index (κ3) is 6.02. The molecule has 2 rings (SSSR count). The molecule has 0 aliphatic heterocycles. The van der Waals surface area contributed by atoms with E-state index in [1.807, 2.05) is 25.2 Å². The van der Waals surface area contributed by atoms with Gasteiger partial charge in [0.15, 0.2) is 5.60 Å². The van der Waals surface area contributed by atoms with Gasteiger partial charge in [0, 0.05) is 31.4 Å². The van der Waals surface area contributed by atoms with Gasteiger partial charge in [-0.15, -0.1) is 0 Å². The largest absolute Gasteiger partial charge is 0.478 e. The van der Waals surface area contributed by atoms with Crippen LogP contribution < -0.4 is 20.7 Å². The van der Waals surface area contributed by atoms with Gasteiger partial charge in [0.05, 0.1) is 0 Å². The van der Waals surface area contributed by atoms with Gasteiger partial charge in [-0.2, -0.15) is 0 Å². The highest BCUT2D eigenvalue weighted by molar-refractivity contribution is 5.92. The summed E-state index contributed by atoms with van der Waals surface area (Å²) in [6, 6.07) is 16.5. The van der Waals surface area contributed by atoms with Crippen molar-refractivity contribution in [1.82, 2.24) is 5.32 Å². The number of primary amides is 1. The van der Waals surface area contributed by atoms with Gasteiger partial charge in [0.1, 0.15) is 5.75 Å². The highest BCUT2D eigenvalue weighted by atomic mass is 16.5. The molecule has 2 amide bonds. The minimum atomic E-state index is -1.03. The zero-order valence-electron chi connectivity index (χ0n) is 16.1. The van der Waals surface area contributed by atoms with Gasteiger partial charge in [0.2, 0.25) is 5.91 Å². The Morgan fingerprint density at radius 1 is 1.07 bits per heavy atom. The Balaban J connectivity index is 1.79. The van der Waals surface area contributed by atoms with Gasteiger partial charge in [-0.3, -0.25) is 9.59 Å². The summed E-state index contributed by atoms with van der Waals surface area (Å²) in [6.07, 6.45) is 0.820. The molecule has 0 saturated carbocycles. The van der Waals surface area contributed by atoms with Crippen molar-refractivity contribution in [3.05, 3.63) is 60.2 Å². The van der Waals surface area contributed by atoms with Crippen LogP contribution in [0.15, 0.2) is 54.6 Å². The van der Waals surface area contributed by atoms with Crippen molar-refractivity contribution >= 4 is 17.5 Å². The van der Waals surface area contributed by atoms with Crippen LogP contribution in [-0.2, 0) is 4.79 Å². The molecular weight excluding hydrogens is 342 g/mol. The summed E-state index contributed by atoms with van der Waals surface area (Å²) in [5.41, 5.74) is 5.73. The average Bonchev–Trinajstić information content (AvgIpc) is 2.65. The molecule has 0 atom stereocenters. The van der Waals surface area contributed by atoms with Crippen LogP contribution in [-0.4, -0.2) is 37.6 Å². The second kappa shape index (κ2) is 9.07. The quantitative estimate of drug-likeness (QED) is 0.666. The summed E-state index contributed by atoms with van der Waals surface area (Å²) in [6.45, 7) is 4.81. The predicted molar refractivity (Wildman–Crippen MR) is 107 cm³/mol. The Kier molecular flexibility index (Phi) is 6.82. The van der Waals surface area contributed by atoms with E-state index in [0.29, 0.717) is 17.9 Å². The standard InChI is InChI=1S/C21H27N3O3/c1-21(2,27-18-12-10-16(11-13-18)19(22)25)20(26)23-14-7-15-24(3)17-8-5-4-6-9-17/h4-6,8-13H,7,14-15H2,1-3H3,(H2,22,25)(H,23,26). The number of benzene rings is 2. The van der Waals surface area contributed by atoms with Crippen molar-refractivity contribution < 1.29 is 14.3 Å². The van der Waals surface area contributed by atoms with Crippen molar-refractivity contribution in [2.24, 2.45) is 5.73 Å². The molecule has 2 aromatic rings. The molecule has 0 saturated heterocycles. The number of ether oxygens (including phenoxy) is 1. The SMILES string of the molecule is CN(CCCNC(=O)C(C)(C)Oc1ccc(C(N)=O)cc1)c1ccccc1. The minimum absolute atomic E-state index is 0.191. The van der Waals surface area contributed by atoms with Crippen molar-refractivity contribution in [2.75, 3.05) is 25.0 Å². The molecule has 144 valence electrons. The van der Waals surface area contributed by atoms with E-state index in [9.17, 15) is 9.59 Å². The molecule has 2 aromatic carbocycles. The summed E-state index contributed by atoms with van der Waals surface area (Å²) in [5, 5.41) is 2.91. The maximum absolute atomic E-state index is 12.4. The molecule has 3 N–H and O–H groups in total. The second-order valence-electron chi connectivity index (χ2n) is 6.87. The van der Waals surface area contributed by atoms with E-state index in [2.05, 4.69) is 22.3 Å². The van der Waals surface area contributed by atoms with E-state index in [1.54, 1.807) is 38.1 Å². The van der Waals surface area contributed by atoms with E-state index in [-0.39, 0.29) is 5.91 Å². The summed E-state index contributed by atoms with van der Waals surface area (Å²) < 4.78 is 5.77. The molecule has 0 spiro atoms. The van der Waals surface area contributed by atoms with Crippen LogP contribution in [0.25, 0.3) is 0 Å². The highest BCUT2D eigenvalue weighted by Gasteiger charge is 2.29. The summed E-state index contributed by atoms with van der Waals surface area (Å²) >= 11 is 0. The topological polar surface area (TPSA) is 84.7 Å². The molecule has 0 radical (unpaired) electrons. The Morgan fingerprint density at radius 3 is 2.30 bits per heavy atom. The monoisotopic (exact) mass is 369 g/mol. The first-order valence-electron chi connectivity index (χ1n) is 8.93. The fourth-order valence-corrected chi connectivity index (χ4v) is 2.57. The number of amides is 2. The molecule has 6 nitrogen and oxygen atoms in total. The molecule has 0 heterocycles. The van der Waals surface area contributed by atoms with Gasteiger partial charge in [-0.1, -0.05) is 18.2 Å². The van der Waals surface area contributed by atoms with Crippen molar-refractivity contribution in [3.63, 3.8) is 0 Å². The van der Waals surface area contributed by atoms with Crippen molar-refractivity contribution in [2.45, 2.75) is 25.9 Å². The third-order valence-electron chi connectivity index (χ3n) is 4.21. The molecule has 0 aliphatic rings. The Bertz CT molecular complexity index is 758. The first-order chi connectivity index (χ1) is 12.8. The van der Waals surface area contributed by atoms with Crippen LogP contribution in [0.4, 0.5) is 5.69 Å². The number of carbonyl (C=O) groups is 2. The summed E-state index contributed by atoms with van der Waals surface area (Å²) in [4.78, 5) is 25.7. The van der Waals surface area contributed by atoms with Gasteiger partial charge in [-0.05, 0) is 56.7 Å². The number of nitrogens with two attached hydrogens (primary N) is 1. The molecule has 0 fully saturated rings. The summed E-state index contributed by atoms with van der Waals surface area (Å²) in [7, 11) is 2.03. The van der Waals surface area contributed by atoms with E-state index in [0.717, 1.165) is 18.7 Å². The van der Waals surface area contributed by atoms with Crippen molar-refractivity contribution in [1.29, 1.82) is 0 Å². The predicted octanol–water partition coefficient (Wildman–Crippen LogP) is 2.59.